The van der Waals surface area contributed by atoms with Gasteiger partial charge in [-0.2, -0.15) is 5.10 Å². The lowest BCUT2D eigenvalue weighted by Gasteiger charge is -2.06. The number of hydrogen-bond acceptors (Lipinski definition) is 6. The number of benzene rings is 2. The van der Waals surface area contributed by atoms with Crippen molar-refractivity contribution in [2.45, 2.75) is 13.3 Å². The van der Waals surface area contributed by atoms with Crippen molar-refractivity contribution in [2.24, 2.45) is 5.10 Å². The van der Waals surface area contributed by atoms with E-state index in [1.54, 1.807) is 6.07 Å². The molecule has 0 fully saturated rings. The first-order valence-corrected chi connectivity index (χ1v) is 7.50. The number of nitrogens with zero attached hydrogens (tertiary/aromatic N) is 2. The van der Waals surface area contributed by atoms with Crippen LogP contribution in [0.5, 0.6) is 11.5 Å². The molecule has 0 aliphatic heterocycles. The van der Waals surface area contributed by atoms with E-state index >= 15 is 0 Å². The van der Waals surface area contributed by atoms with Gasteiger partial charge in [-0.3, -0.25) is 14.9 Å². The summed E-state index contributed by atoms with van der Waals surface area (Å²) in [4.78, 5) is 21.7. The summed E-state index contributed by atoms with van der Waals surface area (Å²) in [5.41, 5.74) is 3.29. The van der Waals surface area contributed by atoms with E-state index in [0.717, 1.165) is 18.1 Å². The molecule has 0 aliphatic carbocycles. The number of phenolic OH excluding ortho intramolecular Hbond substituents is 1. The number of hydrazone groups is 1. The number of carbonyl (C=O) groups is 1. The zero-order chi connectivity index (χ0) is 18.2. The number of nitro benzene ring substituents is 1. The molecular weight excluding hydrogens is 326 g/mol. The van der Waals surface area contributed by atoms with Crippen LogP contribution in [0.4, 0.5) is 5.69 Å². The highest BCUT2D eigenvalue weighted by Gasteiger charge is 2.12. The van der Waals surface area contributed by atoms with Gasteiger partial charge in [-0.25, -0.2) is 5.43 Å². The summed E-state index contributed by atoms with van der Waals surface area (Å²) < 4.78 is 5.37. The first kappa shape index (κ1) is 17.9. The van der Waals surface area contributed by atoms with E-state index in [-0.39, 0.29) is 6.61 Å². The Morgan fingerprint density at radius 3 is 2.88 bits per heavy atom. The molecule has 0 unspecified atom stereocenters. The first-order chi connectivity index (χ1) is 12.0. The lowest BCUT2D eigenvalue weighted by atomic mass is 10.2. The maximum atomic E-state index is 11.7. The minimum Gasteiger partial charge on any atom is -0.502 e. The van der Waals surface area contributed by atoms with Crippen molar-refractivity contribution in [2.75, 3.05) is 6.61 Å². The molecule has 0 radical (unpaired) electrons. The van der Waals surface area contributed by atoms with Crippen LogP contribution in [-0.4, -0.2) is 28.8 Å². The summed E-state index contributed by atoms with van der Waals surface area (Å²) in [5, 5.41) is 23.8. The smallest absolute Gasteiger partial charge is 0.311 e. The number of amides is 1. The van der Waals surface area contributed by atoms with E-state index < -0.39 is 22.3 Å². The third-order valence-electron chi connectivity index (χ3n) is 3.28. The van der Waals surface area contributed by atoms with E-state index in [2.05, 4.69) is 10.5 Å². The van der Waals surface area contributed by atoms with Crippen LogP contribution in [0.2, 0.25) is 0 Å². The molecule has 0 atom stereocenters. The summed E-state index contributed by atoms with van der Waals surface area (Å²) in [6, 6.07) is 11.2. The SMILES string of the molecule is CCc1cccc(OCC(=O)N/N=C/c2ccc(O)c([N+](=O)[O-])c2)c1. The molecule has 1 amide bonds. The van der Waals surface area contributed by atoms with Crippen molar-refractivity contribution in [3.63, 3.8) is 0 Å². The van der Waals surface area contributed by atoms with Crippen LogP contribution in [0, 0.1) is 10.1 Å². The van der Waals surface area contributed by atoms with Crippen LogP contribution < -0.4 is 10.2 Å². The van der Waals surface area contributed by atoms with Gasteiger partial charge in [0.2, 0.25) is 0 Å². The summed E-state index contributed by atoms with van der Waals surface area (Å²) in [6.07, 6.45) is 2.11. The molecule has 2 rings (SSSR count). The summed E-state index contributed by atoms with van der Waals surface area (Å²) in [7, 11) is 0. The highest BCUT2D eigenvalue weighted by molar-refractivity contribution is 5.84. The summed E-state index contributed by atoms with van der Waals surface area (Å²) in [5.74, 6) is -0.312. The molecule has 0 saturated carbocycles. The third-order valence-corrected chi connectivity index (χ3v) is 3.28. The predicted molar refractivity (Wildman–Crippen MR) is 91.8 cm³/mol. The van der Waals surface area contributed by atoms with E-state index in [4.69, 9.17) is 4.74 Å². The number of nitrogens with one attached hydrogen (secondary N) is 1. The van der Waals surface area contributed by atoms with Gasteiger partial charge >= 0.3 is 5.69 Å². The standard InChI is InChI=1S/C17H17N3O5/c1-2-12-4-3-5-14(8-12)25-11-17(22)19-18-10-13-6-7-16(21)15(9-13)20(23)24/h3-10,21H,2,11H2,1H3,(H,19,22)/b18-10+. The fourth-order valence-electron chi connectivity index (χ4n) is 1.98. The minimum atomic E-state index is -0.705. The zero-order valence-corrected chi connectivity index (χ0v) is 13.5. The van der Waals surface area contributed by atoms with Crippen molar-refractivity contribution in [3.05, 3.63) is 63.7 Å². The van der Waals surface area contributed by atoms with Gasteiger partial charge in [0, 0.05) is 11.6 Å². The van der Waals surface area contributed by atoms with Crippen LogP contribution in [-0.2, 0) is 11.2 Å². The second-order valence-electron chi connectivity index (χ2n) is 5.09. The molecule has 0 aliphatic rings. The molecule has 0 bridgehead atoms. The lowest BCUT2D eigenvalue weighted by molar-refractivity contribution is -0.385. The van der Waals surface area contributed by atoms with Gasteiger partial charge in [0.15, 0.2) is 12.4 Å². The first-order valence-electron chi connectivity index (χ1n) is 7.50. The number of nitro groups is 1. The highest BCUT2D eigenvalue weighted by atomic mass is 16.6. The van der Waals surface area contributed by atoms with Crippen molar-refractivity contribution < 1.29 is 19.6 Å². The maximum Gasteiger partial charge on any atom is 0.311 e. The minimum absolute atomic E-state index is 0.208. The Labute approximate surface area is 143 Å². The Kier molecular flexibility index (Phi) is 6.05. The van der Waals surface area contributed by atoms with Crippen LogP contribution in [0.3, 0.4) is 0 Å². The number of aromatic hydroxyl groups is 1. The Morgan fingerprint density at radius 1 is 1.36 bits per heavy atom. The number of carbonyl (C=O) groups excluding carboxylic acids is 1. The van der Waals surface area contributed by atoms with Crippen LogP contribution in [0.25, 0.3) is 0 Å². The van der Waals surface area contributed by atoms with Gasteiger partial charge in [0.05, 0.1) is 11.1 Å². The molecule has 0 heterocycles. The Hall–Kier alpha value is -3.42. The van der Waals surface area contributed by atoms with Crippen LogP contribution in [0.15, 0.2) is 47.6 Å². The molecule has 0 aromatic heterocycles. The largest absolute Gasteiger partial charge is 0.502 e. The Bertz CT molecular complexity index is 805. The zero-order valence-electron chi connectivity index (χ0n) is 13.5. The second kappa shape index (κ2) is 8.44. The van der Waals surface area contributed by atoms with Gasteiger partial charge in [-0.05, 0) is 36.2 Å². The molecular formula is C17H17N3O5. The number of ether oxygens (including phenoxy) is 1. The average molecular weight is 343 g/mol. The Balaban J connectivity index is 1.88. The van der Waals surface area contributed by atoms with Gasteiger partial charge < -0.3 is 9.84 Å². The molecule has 2 aromatic rings. The molecule has 130 valence electrons. The van der Waals surface area contributed by atoms with Crippen molar-refractivity contribution in [1.82, 2.24) is 5.43 Å². The van der Waals surface area contributed by atoms with Crippen molar-refractivity contribution >= 4 is 17.8 Å². The monoisotopic (exact) mass is 343 g/mol. The predicted octanol–water partition coefficient (Wildman–Crippen LogP) is 2.39. The fourth-order valence-corrected chi connectivity index (χ4v) is 1.98. The molecule has 25 heavy (non-hydrogen) atoms. The van der Waals surface area contributed by atoms with Gasteiger partial charge in [-0.1, -0.05) is 19.1 Å². The quantitative estimate of drug-likeness (QED) is 0.455. The summed E-state index contributed by atoms with van der Waals surface area (Å²) in [6.45, 7) is 1.81. The van der Waals surface area contributed by atoms with E-state index in [9.17, 15) is 20.0 Å². The highest BCUT2D eigenvalue weighted by Crippen LogP contribution is 2.25. The molecule has 2 aromatic carbocycles. The third kappa shape index (κ3) is 5.31. The molecule has 2 N–H and O–H groups in total. The normalized spacial score (nSPS) is 10.6. The number of aryl methyl sites for hydroxylation is 1. The topological polar surface area (TPSA) is 114 Å². The van der Waals surface area contributed by atoms with Gasteiger partial charge in [0.25, 0.3) is 5.91 Å². The fraction of sp³-hybridized carbons (Fsp3) is 0.176. The van der Waals surface area contributed by atoms with E-state index in [1.165, 1.54) is 18.3 Å². The summed E-state index contributed by atoms with van der Waals surface area (Å²) >= 11 is 0. The molecule has 8 heteroatoms. The van der Waals surface area contributed by atoms with Gasteiger partial charge in [-0.15, -0.1) is 0 Å². The van der Waals surface area contributed by atoms with Gasteiger partial charge in [0.1, 0.15) is 5.75 Å². The van der Waals surface area contributed by atoms with E-state index in [1.807, 2.05) is 25.1 Å². The molecule has 0 saturated heterocycles. The van der Waals surface area contributed by atoms with Crippen molar-refractivity contribution in [1.29, 1.82) is 0 Å². The lowest BCUT2D eigenvalue weighted by Crippen LogP contribution is -2.24. The molecule has 8 nitrogen and oxygen atoms in total. The Morgan fingerprint density at radius 2 is 2.16 bits per heavy atom. The van der Waals surface area contributed by atoms with E-state index in [0.29, 0.717) is 11.3 Å². The van der Waals surface area contributed by atoms with Crippen molar-refractivity contribution in [3.8, 4) is 11.5 Å². The second-order valence-corrected chi connectivity index (χ2v) is 5.09. The number of phenols is 1. The molecule has 0 spiro atoms. The van der Waals surface area contributed by atoms with Crippen LogP contribution >= 0.6 is 0 Å². The number of rotatable bonds is 7. The maximum absolute atomic E-state index is 11.7. The van der Waals surface area contributed by atoms with Crippen LogP contribution in [0.1, 0.15) is 18.1 Å². The average Bonchev–Trinajstić information content (AvgIpc) is 2.61. The number of hydrogen-bond donors (Lipinski definition) is 2.